The zero-order valence-electron chi connectivity index (χ0n) is 9.54. The average molecular weight is 204 g/mol. The van der Waals surface area contributed by atoms with Crippen molar-refractivity contribution in [1.29, 1.82) is 0 Å². The molecule has 1 heteroatoms. The van der Waals surface area contributed by atoms with Gasteiger partial charge in [-0.1, -0.05) is 19.4 Å². The number of allylic oxidation sites excluding steroid dienone is 2. The highest BCUT2D eigenvalue weighted by atomic mass is 16.1. The highest BCUT2D eigenvalue weighted by molar-refractivity contribution is 6.00. The van der Waals surface area contributed by atoms with Crippen LogP contribution < -0.4 is 0 Å². The Morgan fingerprint density at radius 3 is 2.87 bits per heavy atom. The molecular formula is C14H20O. The Hall–Kier alpha value is -0.590. The highest BCUT2D eigenvalue weighted by Crippen LogP contribution is 2.56. The smallest absolute Gasteiger partial charge is 0.162 e. The Morgan fingerprint density at radius 2 is 2.13 bits per heavy atom. The van der Waals surface area contributed by atoms with E-state index in [0.717, 1.165) is 18.3 Å². The van der Waals surface area contributed by atoms with Gasteiger partial charge in [-0.3, -0.25) is 4.79 Å². The van der Waals surface area contributed by atoms with E-state index in [-0.39, 0.29) is 0 Å². The lowest BCUT2D eigenvalue weighted by Gasteiger charge is -2.22. The lowest BCUT2D eigenvalue weighted by molar-refractivity contribution is -0.120. The minimum Gasteiger partial charge on any atom is -0.294 e. The predicted octanol–water partition coefficient (Wildman–Crippen LogP) is 3.35. The number of fused-ring (bicyclic) bond motifs is 5. The molecule has 3 rings (SSSR count). The van der Waals surface area contributed by atoms with Crippen LogP contribution in [0.15, 0.2) is 11.6 Å². The van der Waals surface area contributed by atoms with Gasteiger partial charge in [0.05, 0.1) is 0 Å². The van der Waals surface area contributed by atoms with Crippen LogP contribution in [0.1, 0.15) is 45.4 Å². The van der Waals surface area contributed by atoms with E-state index in [0.29, 0.717) is 17.6 Å². The van der Waals surface area contributed by atoms with Crippen molar-refractivity contribution in [3.63, 3.8) is 0 Å². The van der Waals surface area contributed by atoms with E-state index in [4.69, 9.17) is 0 Å². The topological polar surface area (TPSA) is 17.1 Å². The number of hydrogen-bond acceptors (Lipinski definition) is 1. The number of rotatable bonds is 3. The molecule has 4 atom stereocenters. The summed E-state index contributed by atoms with van der Waals surface area (Å²) in [5, 5.41) is 0. The third-order valence-electron chi connectivity index (χ3n) is 4.79. The first-order valence-corrected chi connectivity index (χ1v) is 6.56. The summed E-state index contributed by atoms with van der Waals surface area (Å²) in [7, 11) is 0. The molecule has 15 heavy (non-hydrogen) atoms. The summed E-state index contributed by atoms with van der Waals surface area (Å²) in [6, 6.07) is 0. The van der Waals surface area contributed by atoms with Crippen molar-refractivity contribution in [3.8, 4) is 0 Å². The van der Waals surface area contributed by atoms with Gasteiger partial charge in [0, 0.05) is 5.92 Å². The zero-order valence-corrected chi connectivity index (χ0v) is 9.54. The first-order valence-electron chi connectivity index (χ1n) is 6.56. The summed E-state index contributed by atoms with van der Waals surface area (Å²) in [5.41, 5.74) is 1.18. The summed E-state index contributed by atoms with van der Waals surface area (Å²) >= 11 is 0. The molecule has 0 aliphatic heterocycles. The maximum atomic E-state index is 12.2. The molecular weight excluding hydrogens is 184 g/mol. The molecule has 3 aliphatic carbocycles. The van der Waals surface area contributed by atoms with Crippen molar-refractivity contribution < 1.29 is 4.79 Å². The van der Waals surface area contributed by atoms with Crippen molar-refractivity contribution in [2.75, 3.05) is 0 Å². The quantitative estimate of drug-likeness (QED) is 0.689. The Balaban J connectivity index is 1.78. The maximum Gasteiger partial charge on any atom is 0.162 e. The molecule has 0 spiro atoms. The van der Waals surface area contributed by atoms with Gasteiger partial charge in [-0.2, -0.15) is 0 Å². The Kier molecular flexibility index (Phi) is 2.22. The van der Waals surface area contributed by atoms with Gasteiger partial charge in [-0.15, -0.1) is 0 Å². The Morgan fingerprint density at radius 1 is 1.33 bits per heavy atom. The van der Waals surface area contributed by atoms with Gasteiger partial charge >= 0.3 is 0 Å². The van der Waals surface area contributed by atoms with Crippen LogP contribution in [-0.2, 0) is 4.79 Å². The van der Waals surface area contributed by atoms with E-state index in [1.54, 1.807) is 0 Å². The highest BCUT2D eigenvalue weighted by Gasteiger charge is 2.52. The SMILES string of the molecule is CCCCC1=C[C@@H]2[C@H]3CC[C@H](C3)[C@@H]2C1=O. The van der Waals surface area contributed by atoms with Gasteiger partial charge in [-0.05, 0) is 55.4 Å². The minimum absolute atomic E-state index is 0.426. The summed E-state index contributed by atoms with van der Waals surface area (Å²) in [6.07, 6.45) is 9.84. The zero-order chi connectivity index (χ0) is 10.4. The van der Waals surface area contributed by atoms with Crippen LogP contribution >= 0.6 is 0 Å². The second kappa shape index (κ2) is 3.47. The van der Waals surface area contributed by atoms with E-state index in [1.165, 1.54) is 37.7 Å². The number of ketones is 1. The van der Waals surface area contributed by atoms with Crippen LogP contribution in [0, 0.1) is 23.7 Å². The number of unbranched alkanes of at least 4 members (excludes halogenated alkanes) is 1. The van der Waals surface area contributed by atoms with Gasteiger partial charge in [0.2, 0.25) is 0 Å². The van der Waals surface area contributed by atoms with Gasteiger partial charge < -0.3 is 0 Å². The largest absolute Gasteiger partial charge is 0.294 e. The van der Waals surface area contributed by atoms with Crippen molar-refractivity contribution in [1.82, 2.24) is 0 Å². The van der Waals surface area contributed by atoms with Gasteiger partial charge in [-0.25, -0.2) is 0 Å². The van der Waals surface area contributed by atoms with E-state index in [1.807, 2.05) is 0 Å². The molecule has 2 fully saturated rings. The van der Waals surface area contributed by atoms with E-state index < -0.39 is 0 Å². The fourth-order valence-corrected chi connectivity index (χ4v) is 4.07. The van der Waals surface area contributed by atoms with E-state index in [2.05, 4.69) is 13.0 Å². The van der Waals surface area contributed by atoms with E-state index in [9.17, 15) is 4.79 Å². The lowest BCUT2D eigenvalue weighted by atomic mass is 9.81. The van der Waals surface area contributed by atoms with Gasteiger partial charge in [0.1, 0.15) is 0 Å². The molecule has 1 nitrogen and oxygen atoms in total. The molecule has 0 unspecified atom stereocenters. The third kappa shape index (κ3) is 1.32. The van der Waals surface area contributed by atoms with Crippen molar-refractivity contribution in [2.24, 2.45) is 23.7 Å². The predicted molar refractivity (Wildman–Crippen MR) is 60.4 cm³/mol. The third-order valence-corrected chi connectivity index (χ3v) is 4.79. The molecule has 0 N–H and O–H groups in total. The number of carbonyl (C=O) groups is 1. The molecule has 0 aromatic heterocycles. The summed E-state index contributed by atoms with van der Waals surface area (Å²) < 4.78 is 0. The Bertz CT molecular complexity index is 315. The van der Waals surface area contributed by atoms with Crippen molar-refractivity contribution >= 4 is 5.78 Å². The first-order chi connectivity index (χ1) is 7.31. The summed E-state index contributed by atoms with van der Waals surface area (Å²) in [5.74, 6) is 3.23. The maximum absolute atomic E-state index is 12.2. The van der Waals surface area contributed by atoms with Gasteiger partial charge in [0.15, 0.2) is 5.78 Å². The second-order valence-corrected chi connectivity index (χ2v) is 5.60. The van der Waals surface area contributed by atoms with E-state index >= 15 is 0 Å². The molecule has 2 saturated carbocycles. The molecule has 0 aromatic rings. The van der Waals surface area contributed by atoms with Crippen molar-refractivity contribution in [2.45, 2.75) is 45.4 Å². The van der Waals surface area contributed by atoms with Crippen LogP contribution in [0.25, 0.3) is 0 Å². The first kappa shape index (κ1) is 9.62. The van der Waals surface area contributed by atoms with Crippen LogP contribution in [0.3, 0.4) is 0 Å². The fourth-order valence-electron chi connectivity index (χ4n) is 4.07. The van der Waals surface area contributed by atoms with Crippen LogP contribution in [0.5, 0.6) is 0 Å². The molecule has 0 amide bonds. The summed E-state index contributed by atoms with van der Waals surface area (Å²) in [6.45, 7) is 2.20. The minimum atomic E-state index is 0.426. The molecule has 3 aliphatic rings. The normalized spacial score (nSPS) is 42.2. The number of carbonyl (C=O) groups excluding carboxylic acids is 1. The number of hydrogen-bond donors (Lipinski definition) is 0. The molecule has 82 valence electrons. The molecule has 0 aromatic carbocycles. The average Bonchev–Trinajstić information content (AvgIpc) is 2.88. The fraction of sp³-hybridized carbons (Fsp3) is 0.786. The summed E-state index contributed by atoms with van der Waals surface area (Å²) in [4.78, 5) is 12.2. The molecule has 0 saturated heterocycles. The molecule has 2 bridgehead atoms. The van der Waals surface area contributed by atoms with Crippen LogP contribution in [0.2, 0.25) is 0 Å². The Labute approximate surface area is 91.9 Å². The standard InChI is InChI=1S/C14H20O/c1-2-3-4-11-8-12-9-5-6-10(7-9)13(12)14(11)15/h8-10,12-13H,2-7H2,1H3/t9-,10+,12+,13-/m0/s1. The van der Waals surface area contributed by atoms with Crippen LogP contribution in [-0.4, -0.2) is 5.78 Å². The monoisotopic (exact) mass is 204 g/mol. The van der Waals surface area contributed by atoms with Crippen LogP contribution in [0.4, 0.5) is 0 Å². The second-order valence-electron chi connectivity index (χ2n) is 5.60. The lowest BCUT2D eigenvalue weighted by Crippen LogP contribution is -2.23. The van der Waals surface area contributed by atoms with Crippen molar-refractivity contribution in [3.05, 3.63) is 11.6 Å². The van der Waals surface area contributed by atoms with Gasteiger partial charge in [0.25, 0.3) is 0 Å². The molecule has 0 radical (unpaired) electrons. The molecule has 0 heterocycles. The number of Topliss-reactive ketones (excluding diaryl/α,β-unsaturated/α-hetero) is 1.